The van der Waals surface area contributed by atoms with Gasteiger partial charge in [0.1, 0.15) is 6.04 Å². The number of carbonyl (C=O) groups is 2. The number of hydrogen-bond donors (Lipinski definition) is 4. The molecule has 0 unspecified atom stereocenters. The van der Waals surface area contributed by atoms with Gasteiger partial charge in [0.2, 0.25) is 23.8 Å². The van der Waals surface area contributed by atoms with E-state index in [2.05, 4.69) is 48.4 Å². The van der Waals surface area contributed by atoms with Crippen molar-refractivity contribution in [2.24, 2.45) is 0 Å². The average molecular weight is 524 g/mol. The van der Waals surface area contributed by atoms with Crippen molar-refractivity contribution in [3.8, 4) is 0 Å². The third-order valence-electron chi connectivity index (χ3n) is 6.17. The molecule has 9 heteroatoms. The zero-order chi connectivity index (χ0) is 28.1. The Morgan fingerprint density at radius 2 is 1.26 bits per heavy atom. The summed E-state index contributed by atoms with van der Waals surface area (Å²) in [5.74, 6) is 0.505. The summed E-state index contributed by atoms with van der Waals surface area (Å²) in [6, 6.07) is 18.3. The number of benzene rings is 3. The highest BCUT2D eigenvalue weighted by Crippen LogP contribution is 2.24. The van der Waals surface area contributed by atoms with Gasteiger partial charge in [0.15, 0.2) is 5.78 Å². The van der Waals surface area contributed by atoms with E-state index in [4.69, 9.17) is 0 Å². The van der Waals surface area contributed by atoms with Gasteiger partial charge in [0.25, 0.3) is 0 Å². The van der Waals surface area contributed by atoms with Crippen molar-refractivity contribution in [3.05, 3.63) is 88.5 Å². The van der Waals surface area contributed by atoms with E-state index in [1.807, 2.05) is 52.0 Å². The second-order valence-electron chi connectivity index (χ2n) is 9.69. The fourth-order valence-corrected chi connectivity index (χ4v) is 4.03. The molecule has 0 bridgehead atoms. The lowest BCUT2D eigenvalue weighted by molar-refractivity contribution is -0.116. The van der Waals surface area contributed by atoms with Crippen LogP contribution in [0.2, 0.25) is 0 Å². The van der Waals surface area contributed by atoms with Crippen molar-refractivity contribution in [1.82, 2.24) is 15.0 Å². The highest BCUT2D eigenvalue weighted by molar-refractivity contribution is 5.99. The van der Waals surface area contributed by atoms with Crippen LogP contribution in [0.5, 0.6) is 0 Å². The van der Waals surface area contributed by atoms with Crippen LogP contribution >= 0.6 is 0 Å². The smallest absolute Gasteiger partial charge is 0.246 e. The van der Waals surface area contributed by atoms with Crippen molar-refractivity contribution in [3.63, 3.8) is 0 Å². The summed E-state index contributed by atoms with van der Waals surface area (Å²) in [5.41, 5.74) is 7.20. The van der Waals surface area contributed by atoms with E-state index in [-0.39, 0.29) is 17.6 Å². The standard InChI is InChI=1S/C30H33N7O2/c1-17-10-12-25(19(3)14-17)33-29-35-28(36-30(37-29)34-26-13-11-18(2)15-20(26)4)31-21(5)27(39)32-24-9-7-8-23(16-24)22(6)38/h7-16,21H,1-6H3,(H,32,39)(H3,31,33,34,35,36,37)/t21-/m1/s1. The van der Waals surface area contributed by atoms with Gasteiger partial charge >= 0.3 is 0 Å². The third kappa shape index (κ3) is 7.16. The Bertz CT molecular complexity index is 1460. The van der Waals surface area contributed by atoms with E-state index in [1.54, 1.807) is 31.2 Å². The number of hydrogen-bond acceptors (Lipinski definition) is 8. The first-order chi connectivity index (χ1) is 18.6. The summed E-state index contributed by atoms with van der Waals surface area (Å²) < 4.78 is 0. The molecule has 0 aliphatic heterocycles. The number of ketones is 1. The topological polar surface area (TPSA) is 121 Å². The monoisotopic (exact) mass is 523 g/mol. The summed E-state index contributed by atoms with van der Waals surface area (Å²) in [4.78, 5) is 38.3. The third-order valence-corrected chi connectivity index (χ3v) is 6.17. The molecule has 200 valence electrons. The highest BCUT2D eigenvalue weighted by atomic mass is 16.2. The lowest BCUT2D eigenvalue weighted by Crippen LogP contribution is -2.32. The summed E-state index contributed by atoms with van der Waals surface area (Å²) >= 11 is 0. The molecular formula is C30H33N7O2. The van der Waals surface area contributed by atoms with Crippen molar-refractivity contribution in [2.75, 3.05) is 21.3 Å². The molecule has 1 amide bonds. The van der Waals surface area contributed by atoms with Crippen LogP contribution in [0.3, 0.4) is 0 Å². The molecule has 39 heavy (non-hydrogen) atoms. The summed E-state index contributed by atoms with van der Waals surface area (Å²) in [7, 11) is 0. The fraction of sp³-hybridized carbons (Fsp3) is 0.233. The summed E-state index contributed by atoms with van der Waals surface area (Å²) in [6.07, 6.45) is 0. The number of anilines is 6. The van der Waals surface area contributed by atoms with Crippen LogP contribution in [-0.4, -0.2) is 32.7 Å². The number of rotatable bonds is 9. The predicted octanol–water partition coefficient (Wildman–Crippen LogP) is 6.23. The number of carbonyl (C=O) groups excluding carboxylic acids is 2. The largest absolute Gasteiger partial charge is 0.342 e. The molecule has 4 rings (SSSR count). The van der Waals surface area contributed by atoms with Gasteiger partial charge in [0, 0.05) is 22.6 Å². The van der Waals surface area contributed by atoms with Gasteiger partial charge in [-0.1, -0.05) is 47.5 Å². The second kappa shape index (κ2) is 11.7. The molecule has 1 aromatic heterocycles. The van der Waals surface area contributed by atoms with Gasteiger partial charge < -0.3 is 21.3 Å². The van der Waals surface area contributed by atoms with Crippen molar-refractivity contribution < 1.29 is 9.59 Å². The quantitative estimate of drug-likeness (QED) is 0.190. The average Bonchev–Trinajstić information content (AvgIpc) is 2.87. The Morgan fingerprint density at radius 3 is 1.77 bits per heavy atom. The minimum absolute atomic E-state index is 0.0739. The van der Waals surface area contributed by atoms with Crippen molar-refractivity contribution >= 4 is 46.6 Å². The summed E-state index contributed by atoms with van der Waals surface area (Å²) in [6.45, 7) is 11.3. The first-order valence-electron chi connectivity index (χ1n) is 12.7. The molecule has 4 N–H and O–H groups in total. The number of aryl methyl sites for hydroxylation is 4. The van der Waals surface area contributed by atoms with Crippen LogP contribution in [0.25, 0.3) is 0 Å². The fourth-order valence-electron chi connectivity index (χ4n) is 4.03. The molecule has 3 aromatic carbocycles. The molecule has 0 aliphatic rings. The lowest BCUT2D eigenvalue weighted by Gasteiger charge is -2.17. The minimum atomic E-state index is -0.684. The molecule has 0 saturated heterocycles. The van der Waals surface area contributed by atoms with Crippen LogP contribution in [0.1, 0.15) is 46.5 Å². The number of aromatic nitrogens is 3. The molecule has 1 atom stereocenters. The SMILES string of the molecule is CC(=O)c1cccc(NC(=O)[C@@H](C)Nc2nc(Nc3ccc(C)cc3C)nc(Nc3ccc(C)cc3C)n2)c1. The van der Waals surface area contributed by atoms with Crippen LogP contribution in [0.15, 0.2) is 60.7 Å². The zero-order valence-corrected chi connectivity index (χ0v) is 23.0. The molecule has 4 aromatic rings. The Balaban J connectivity index is 1.59. The first kappa shape index (κ1) is 27.3. The van der Waals surface area contributed by atoms with Crippen molar-refractivity contribution in [1.29, 1.82) is 0 Å². The van der Waals surface area contributed by atoms with Gasteiger partial charge in [-0.2, -0.15) is 15.0 Å². The Morgan fingerprint density at radius 1 is 0.718 bits per heavy atom. The van der Waals surface area contributed by atoms with E-state index in [0.29, 0.717) is 23.1 Å². The van der Waals surface area contributed by atoms with Crippen LogP contribution in [-0.2, 0) is 4.79 Å². The number of nitrogens with one attached hydrogen (secondary N) is 4. The van der Waals surface area contributed by atoms with Gasteiger partial charge in [0.05, 0.1) is 0 Å². The van der Waals surface area contributed by atoms with E-state index in [0.717, 1.165) is 33.6 Å². The summed E-state index contributed by atoms with van der Waals surface area (Å²) in [5, 5.41) is 12.5. The zero-order valence-electron chi connectivity index (χ0n) is 23.0. The Hall–Kier alpha value is -4.79. The molecule has 0 radical (unpaired) electrons. The highest BCUT2D eigenvalue weighted by Gasteiger charge is 2.17. The second-order valence-corrected chi connectivity index (χ2v) is 9.69. The minimum Gasteiger partial charge on any atom is -0.342 e. The van der Waals surface area contributed by atoms with Gasteiger partial charge in [-0.15, -0.1) is 0 Å². The maximum absolute atomic E-state index is 12.9. The Labute approximate surface area is 228 Å². The molecule has 0 fully saturated rings. The Kier molecular flexibility index (Phi) is 8.19. The maximum atomic E-state index is 12.9. The van der Waals surface area contributed by atoms with E-state index in [9.17, 15) is 9.59 Å². The molecule has 0 aliphatic carbocycles. The molecular weight excluding hydrogens is 490 g/mol. The normalized spacial score (nSPS) is 11.4. The van der Waals surface area contributed by atoms with Crippen molar-refractivity contribution in [2.45, 2.75) is 47.6 Å². The number of amides is 1. The predicted molar refractivity (Wildman–Crippen MR) is 156 cm³/mol. The molecule has 9 nitrogen and oxygen atoms in total. The van der Waals surface area contributed by atoms with Gasteiger partial charge in [-0.3, -0.25) is 9.59 Å². The molecule has 0 saturated carbocycles. The number of Topliss-reactive ketones (excluding diaryl/α,β-unsaturated/α-hetero) is 1. The van der Waals surface area contributed by atoms with E-state index < -0.39 is 6.04 Å². The van der Waals surface area contributed by atoms with Crippen LogP contribution < -0.4 is 21.3 Å². The van der Waals surface area contributed by atoms with Gasteiger partial charge in [-0.05, 0) is 76.9 Å². The van der Waals surface area contributed by atoms with E-state index >= 15 is 0 Å². The number of nitrogens with zero attached hydrogens (tertiary/aromatic N) is 3. The van der Waals surface area contributed by atoms with Crippen LogP contribution in [0, 0.1) is 27.7 Å². The maximum Gasteiger partial charge on any atom is 0.246 e. The van der Waals surface area contributed by atoms with Gasteiger partial charge in [-0.25, -0.2) is 0 Å². The van der Waals surface area contributed by atoms with E-state index in [1.165, 1.54) is 6.92 Å². The molecule has 0 spiro atoms. The molecule has 1 heterocycles. The lowest BCUT2D eigenvalue weighted by atomic mass is 10.1. The first-order valence-corrected chi connectivity index (χ1v) is 12.7. The van der Waals surface area contributed by atoms with Crippen LogP contribution in [0.4, 0.5) is 34.9 Å².